The number of aryl methyl sites for hydroxylation is 1. The molecule has 5 rings (SSSR count). The Morgan fingerprint density at radius 3 is 0.643 bits per heavy atom. The van der Waals surface area contributed by atoms with Gasteiger partial charge in [-0.1, -0.05) is 421 Å². The number of hydrogen-bond acceptors (Lipinski definition) is 9. The lowest BCUT2D eigenvalue weighted by atomic mass is 9.79. The average molecular weight is 1570 g/mol. The van der Waals surface area contributed by atoms with Crippen LogP contribution in [-0.2, 0) is 12.8 Å². The summed E-state index contributed by atoms with van der Waals surface area (Å²) < 4.78 is 0. The minimum atomic E-state index is -0.562. The van der Waals surface area contributed by atoms with E-state index < -0.39 is 22.4 Å². The van der Waals surface area contributed by atoms with Gasteiger partial charge >= 0.3 is 0 Å². The van der Waals surface area contributed by atoms with Crippen molar-refractivity contribution in [2.75, 3.05) is 0 Å². The molecule has 0 aliphatic heterocycles. The normalized spacial score (nSPS) is 13.5. The predicted molar refractivity (Wildman–Crippen MR) is 502 cm³/mol. The fraction of sp³-hybridized carbons (Fsp3) is 0.699. The van der Waals surface area contributed by atoms with Crippen LogP contribution in [0.1, 0.15) is 390 Å². The first-order valence-corrected chi connectivity index (χ1v) is 41.1. The van der Waals surface area contributed by atoms with Crippen LogP contribution < -0.4 is 11.5 Å². The lowest BCUT2D eigenvalue weighted by molar-refractivity contribution is -0.0240. The van der Waals surface area contributed by atoms with Crippen LogP contribution in [0, 0.1) is 71.9 Å². The summed E-state index contributed by atoms with van der Waals surface area (Å²) in [6.07, 6.45) is 3.19. The molecule has 112 heavy (non-hydrogen) atoms. The maximum Gasteiger partial charge on any atom is 0.168 e. The molecular weight excluding hydrogens is 1380 g/mol. The summed E-state index contributed by atoms with van der Waals surface area (Å²) in [6, 6.07) is 49.5. The van der Waals surface area contributed by atoms with Crippen molar-refractivity contribution in [1.82, 2.24) is 0 Å². The molecule has 0 aliphatic rings. The van der Waals surface area contributed by atoms with Gasteiger partial charge in [-0.3, -0.25) is 4.79 Å². The maximum absolute atomic E-state index is 11.7. The van der Waals surface area contributed by atoms with E-state index in [9.17, 15) is 25.2 Å². The number of rotatable bonds is 5. The molecule has 656 valence electrons. The average Bonchev–Trinajstić information content (AvgIpc) is 0.886. The van der Waals surface area contributed by atoms with Crippen LogP contribution in [0.25, 0.3) is 0 Å². The van der Waals surface area contributed by atoms with E-state index in [-0.39, 0.29) is 86.2 Å². The number of carbonyl (C=O) groups excluding carboxylic acids is 1. The van der Waals surface area contributed by atoms with Crippen LogP contribution in [0.2, 0.25) is 0 Å². The van der Waals surface area contributed by atoms with Crippen molar-refractivity contribution in [2.45, 2.75) is 406 Å². The highest BCUT2D eigenvalue weighted by Crippen LogP contribution is 2.34. The standard InChI is InChI=1S/C12H18.2C11H17N.C11H14O.C11H16.4C7H16O.2C6H14O.C6H14.CH4/c1-10-5-7-11(8-6-10)9-12(2,3)4;3*1-11(2,3)10(12)9-7-5-4-6-8-9;1-11(2,3)9-10-7-5-4-6-8-10;4*1-6(2,3)7(4,5)8;2*1-5(7)6(2,3)4;1-5-6(2,3)4;/h5-8H,9H2,1-4H3;2*4-8,10H,12H2,1-3H3;4-8H,1-3H3;4-8H,9H2,1-3H3;4*8H,1-5H3;2*5,7H,1-4H3;5H2,1-4H3;1H4/t;2*10-;;;;;;;2*5-;;/m.10......10../s1. The Hall–Kier alpha value is -4.55. The molecule has 5 aromatic carbocycles. The third-order valence-electron chi connectivity index (χ3n) is 20.2. The summed E-state index contributed by atoms with van der Waals surface area (Å²) in [5, 5.41) is 55.2. The van der Waals surface area contributed by atoms with Crippen molar-refractivity contribution in [3.05, 3.63) is 179 Å². The molecule has 0 fully saturated rings. The lowest BCUT2D eigenvalue weighted by Gasteiger charge is -2.33. The third-order valence-corrected chi connectivity index (χ3v) is 20.2. The second-order valence-corrected chi connectivity index (χ2v) is 45.6. The van der Waals surface area contributed by atoms with E-state index in [0.717, 1.165) is 18.4 Å². The number of Topliss-reactive ketones (excluding diaryl/α,β-unsaturated/α-hetero) is 1. The number of benzene rings is 5. The number of hydrogen-bond donors (Lipinski definition) is 8. The molecule has 0 radical (unpaired) electrons. The zero-order valence-electron chi connectivity index (χ0n) is 82.0. The first-order valence-electron chi connectivity index (χ1n) is 41.1. The molecule has 0 aromatic heterocycles. The Balaban J connectivity index is -0.000000177. The largest absolute Gasteiger partial charge is 0.393 e. The van der Waals surface area contributed by atoms with Gasteiger partial charge in [-0.2, -0.15) is 0 Å². The molecule has 0 aliphatic carbocycles. The summed E-state index contributed by atoms with van der Waals surface area (Å²) in [6.45, 7) is 98.0. The van der Waals surface area contributed by atoms with Gasteiger partial charge in [-0.25, -0.2) is 0 Å². The zero-order valence-corrected chi connectivity index (χ0v) is 82.0. The van der Waals surface area contributed by atoms with Crippen LogP contribution in [-0.4, -0.2) is 71.0 Å². The van der Waals surface area contributed by atoms with Crippen molar-refractivity contribution < 1.29 is 35.4 Å². The second-order valence-electron chi connectivity index (χ2n) is 45.6. The fourth-order valence-corrected chi connectivity index (χ4v) is 5.87. The summed E-state index contributed by atoms with van der Waals surface area (Å²) in [7, 11) is 0. The Morgan fingerprint density at radius 1 is 0.312 bits per heavy atom. The molecule has 0 bridgehead atoms. The van der Waals surface area contributed by atoms with Crippen molar-refractivity contribution >= 4 is 5.78 Å². The monoisotopic (exact) mass is 1570 g/mol. The second kappa shape index (κ2) is 51.6. The Labute approximate surface area is 698 Å². The number of aliphatic hydroxyl groups is 6. The van der Waals surface area contributed by atoms with E-state index in [4.69, 9.17) is 21.7 Å². The van der Waals surface area contributed by atoms with Gasteiger partial charge in [-0.15, -0.1) is 0 Å². The van der Waals surface area contributed by atoms with Gasteiger partial charge in [0.1, 0.15) is 0 Å². The highest BCUT2D eigenvalue weighted by Gasteiger charge is 2.32. The molecule has 0 saturated carbocycles. The molecule has 10 N–H and O–H groups in total. The van der Waals surface area contributed by atoms with E-state index >= 15 is 0 Å². The van der Waals surface area contributed by atoms with Crippen molar-refractivity contribution in [3.8, 4) is 0 Å². The highest BCUT2D eigenvalue weighted by atomic mass is 16.3. The van der Waals surface area contributed by atoms with E-state index in [1.807, 2.05) is 268 Å². The van der Waals surface area contributed by atoms with E-state index in [0.29, 0.717) is 16.2 Å². The fourth-order valence-electron chi connectivity index (χ4n) is 5.87. The van der Waals surface area contributed by atoms with Crippen molar-refractivity contribution in [3.63, 3.8) is 0 Å². The molecule has 0 unspecified atom stereocenters. The summed E-state index contributed by atoms with van der Waals surface area (Å²) >= 11 is 0. The molecule has 0 heterocycles. The lowest BCUT2D eigenvalue weighted by Crippen LogP contribution is -2.35. The molecule has 5 aromatic rings. The smallest absolute Gasteiger partial charge is 0.168 e. The van der Waals surface area contributed by atoms with Crippen LogP contribution in [0.4, 0.5) is 0 Å². The highest BCUT2D eigenvalue weighted by molar-refractivity contribution is 5.99. The number of ketones is 1. The number of carbonyl (C=O) groups is 1. The summed E-state index contributed by atoms with van der Waals surface area (Å²) in [5.74, 6) is 0.197. The summed E-state index contributed by atoms with van der Waals surface area (Å²) in [4.78, 5) is 11.7. The van der Waals surface area contributed by atoms with Crippen LogP contribution >= 0.6 is 0 Å². The molecule has 0 spiro atoms. The molecule has 4 atom stereocenters. The molecular formula is C103H192N2O7. The predicted octanol–water partition coefficient (Wildman–Crippen LogP) is 28.4. The maximum atomic E-state index is 11.7. The van der Waals surface area contributed by atoms with Crippen molar-refractivity contribution in [2.24, 2.45) is 76.4 Å². The molecule has 0 amide bonds. The minimum absolute atomic E-state index is 0. The zero-order chi connectivity index (χ0) is 90.4. The van der Waals surface area contributed by atoms with Gasteiger partial charge in [0.25, 0.3) is 0 Å². The van der Waals surface area contributed by atoms with Crippen LogP contribution in [0.15, 0.2) is 146 Å². The number of nitrogens with two attached hydrogens (primary N) is 2. The van der Waals surface area contributed by atoms with Gasteiger partial charge in [0.05, 0.1) is 34.6 Å². The van der Waals surface area contributed by atoms with Gasteiger partial charge in [-0.05, 0) is 171 Å². The first-order chi connectivity index (χ1) is 48.5. The van der Waals surface area contributed by atoms with Crippen molar-refractivity contribution in [1.29, 1.82) is 0 Å². The van der Waals surface area contributed by atoms with E-state index in [1.165, 1.54) is 34.2 Å². The Morgan fingerprint density at radius 2 is 0.491 bits per heavy atom. The Kier molecular flexibility index (Phi) is 56.7. The third kappa shape index (κ3) is 69.7. The van der Waals surface area contributed by atoms with E-state index in [2.05, 4.69) is 197 Å². The van der Waals surface area contributed by atoms with Crippen LogP contribution in [0.3, 0.4) is 0 Å². The molecule has 9 nitrogen and oxygen atoms in total. The minimum Gasteiger partial charge on any atom is -0.393 e. The first kappa shape index (κ1) is 123. The number of aliphatic hydroxyl groups excluding tert-OH is 2. The quantitative estimate of drug-likeness (QED) is 0.0792. The van der Waals surface area contributed by atoms with E-state index in [1.54, 1.807) is 13.8 Å². The summed E-state index contributed by atoms with van der Waals surface area (Å²) in [5.41, 5.74) is 18.8. The van der Waals surface area contributed by atoms with Gasteiger partial charge in [0.15, 0.2) is 5.78 Å². The topological polar surface area (TPSA) is 190 Å². The van der Waals surface area contributed by atoms with Crippen LogP contribution in [0.5, 0.6) is 0 Å². The van der Waals surface area contributed by atoms with Gasteiger partial charge < -0.3 is 42.1 Å². The Bertz CT molecular complexity index is 2840. The molecule has 9 heteroatoms. The van der Waals surface area contributed by atoms with Gasteiger partial charge in [0.2, 0.25) is 0 Å². The van der Waals surface area contributed by atoms with Gasteiger partial charge in [0, 0.05) is 23.1 Å². The SMILES string of the molecule is C.CC(C)(C)C(=O)c1ccccc1.CC(C)(C)C(C)(C)O.CC(C)(C)C(C)(C)O.CC(C)(C)C(C)(C)O.CC(C)(C)C(C)(C)O.CC(C)(C)Cc1ccccc1.CC(C)(C)[C@@H](N)c1ccccc1.CC(C)(C)[C@H](N)c1ccccc1.CCC(C)(C)C.C[C@@H](O)C(C)(C)C.C[C@H](O)C(C)(C)C.Cc1ccc(CC(C)(C)C)cc1. The molecule has 0 saturated heterocycles.